The molecule has 3 rings (SSSR count). The Morgan fingerprint density at radius 1 is 1.45 bits per heavy atom. The Balaban J connectivity index is 1.98. The second-order valence-electron chi connectivity index (χ2n) is 5.19. The van der Waals surface area contributed by atoms with Crippen molar-refractivity contribution in [2.75, 3.05) is 6.61 Å². The molecule has 0 unspecified atom stereocenters. The summed E-state index contributed by atoms with van der Waals surface area (Å²) >= 11 is 1.39. The normalized spacial score (nSPS) is 15.8. The van der Waals surface area contributed by atoms with E-state index in [-0.39, 0.29) is 6.61 Å². The molecule has 0 atom stereocenters. The first-order valence-corrected chi connectivity index (χ1v) is 7.77. The summed E-state index contributed by atoms with van der Waals surface area (Å²) in [6.07, 6.45) is 4.00. The summed E-state index contributed by atoms with van der Waals surface area (Å²) in [5.41, 5.74) is 0.786. The minimum atomic E-state index is -0.759. The van der Waals surface area contributed by atoms with Gasteiger partial charge >= 0.3 is 5.97 Å². The molecule has 0 aliphatic heterocycles. The Bertz CT molecular complexity index is 766. The predicted molar refractivity (Wildman–Crippen MR) is 82.9 cm³/mol. The van der Waals surface area contributed by atoms with Crippen LogP contribution in [0.4, 0.5) is 0 Å². The Kier molecular flexibility index (Phi) is 3.90. The van der Waals surface area contributed by atoms with Crippen LogP contribution in [0.3, 0.4) is 0 Å². The number of carboxylic acid groups (broad SMARTS) is 1. The molecule has 112 valence electrons. The number of aromatic nitrogens is 1. The van der Waals surface area contributed by atoms with Crippen molar-refractivity contribution in [1.29, 1.82) is 5.26 Å². The van der Waals surface area contributed by atoms with E-state index in [1.807, 2.05) is 24.3 Å². The monoisotopic (exact) mass is 314 g/mol. The molecule has 0 radical (unpaired) electrons. The van der Waals surface area contributed by atoms with E-state index in [4.69, 9.17) is 10.00 Å². The van der Waals surface area contributed by atoms with Crippen LogP contribution in [0.1, 0.15) is 19.3 Å². The summed E-state index contributed by atoms with van der Waals surface area (Å²) in [5.74, 6) is -0.174. The van der Waals surface area contributed by atoms with E-state index in [9.17, 15) is 9.90 Å². The summed E-state index contributed by atoms with van der Waals surface area (Å²) in [6, 6.07) is 9.16. The number of carboxylic acids is 1. The number of hydrogen-bond donors (Lipinski definition) is 1. The molecular formula is C16H14N2O3S. The standard InChI is InChI=1S/C16H14N2O3S/c17-7-9-21-11-2-3-13-12(10-11)14(4-8-18-13)22-16(15(19)20)5-1-6-16/h2-4,8,10H,1,5-6,9H2,(H,19,20). The largest absolute Gasteiger partial charge is 0.480 e. The fourth-order valence-corrected chi connectivity index (χ4v) is 3.87. The number of fused-ring (bicyclic) bond motifs is 1. The van der Waals surface area contributed by atoms with Crippen LogP contribution in [0.5, 0.6) is 5.75 Å². The van der Waals surface area contributed by atoms with Gasteiger partial charge in [0.2, 0.25) is 0 Å². The van der Waals surface area contributed by atoms with Crippen LogP contribution in [0.25, 0.3) is 10.9 Å². The number of carbonyl (C=O) groups is 1. The third-order valence-electron chi connectivity index (χ3n) is 3.83. The van der Waals surface area contributed by atoms with E-state index in [0.29, 0.717) is 18.6 Å². The molecule has 1 aromatic heterocycles. The lowest BCUT2D eigenvalue weighted by molar-refractivity contribution is -0.142. The Labute approximate surface area is 131 Å². The number of nitrogens with zero attached hydrogens (tertiary/aromatic N) is 2. The second kappa shape index (κ2) is 5.85. The minimum absolute atomic E-state index is 0.0205. The van der Waals surface area contributed by atoms with Crippen LogP contribution < -0.4 is 4.74 Å². The molecule has 6 heteroatoms. The van der Waals surface area contributed by atoms with Crippen molar-refractivity contribution in [3.05, 3.63) is 30.5 Å². The Morgan fingerprint density at radius 2 is 2.27 bits per heavy atom. The minimum Gasteiger partial charge on any atom is -0.480 e. The van der Waals surface area contributed by atoms with Gasteiger partial charge in [-0.3, -0.25) is 9.78 Å². The summed E-state index contributed by atoms with van der Waals surface area (Å²) in [6.45, 7) is -0.0205. The van der Waals surface area contributed by atoms with Crippen molar-refractivity contribution in [2.45, 2.75) is 28.9 Å². The lowest BCUT2D eigenvalue weighted by atomic mass is 9.84. The lowest BCUT2D eigenvalue weighted by Crippen LogP contribution is -2.41. The summed E-state index contributed by atoms with van der Waals surface area (Å²) in [4.78, 5) is 16.7. The van der Waals surface area contributed by atoms with Gasteiger partial charge in [-0.2, -0.15) is 5.26 Å². The summed E-state index contributed by atoms with van der Waals surface area (Å²) < 4.78 is 4.60. The van der Waals surface area contributed by atoms with Crippen LogP contribution in [-0.4, -0.2) is 27.4 Å². The highest BCUT2D eigenvalue weighted by atomic mass is 32.2. The molecule has 1 aliphatic rings. The molecule has 1 saturated carbocycles. The Morgan fingerprint density at radius 3 is 2.91 bits per heavy atom. The number of benzene rings is 1. The zero-order valence-electron chi connectivity index (χ0n) is 11.8. The van der Waals surface area contributed by atoms with Gasteiger partial charge in [0.1, 0.15) is 16.6 Å². The lowest BCUT2D eigenvalue weighted by Gasteiger charge is -2.37. The van der Waals surface area contributed by atoms with Crippen LogP contribution >= 0.6 is 11.8 Å². The fraction of sp³-hybridized carbons (Fsp3) is 0.312. The molecule has 0 amide bonds. The smallest absolute Gasteiger partial charge is 0.320 e. The van der Waals surface area contributed by atoms with Gasteiger partial charge in [0.05, 0.1) is 5.52 Å². The maximum absolute atomic E-state index is 11.6. The van der Waals surface area contributed by atoms with E-state index in [1.165, 1.54) is 11.8 Å². The predicted octanol–water partition coefficient (Wildman–Crippen LogP) is 3.24. The first kappa shape index (κ1) is 14.7. The van der Waals surface area contributed by atoms with E-state index in [0.717, 1.165) is 22.2 Å². The maximum Gasteiger partial charge on any atom is 0.320 e. The quantitative estimate of drug-likeness (QED) is 0.912. The van der Waals surface area contributed by atoms with Crippen molar-refractivity contribution in [3.63, 3.8) is 0 Å². The number of pyridine rings is 1. The van der Waals surface area contributed by atoms with E-state index in [1.54, 1.807) is 12.3 Å². The van der Waals surface area contributed by atoms with Gasteiger partial charge in [-0.1, -0.05) is 0 Å². The number of nitriles is 1. The average molecular weight is 314 g/mol. The fourth-order valence-electron chi connectivity index (χ4n) is 2.46. The molecule has 1 fully saturated rings. The van der Waals surface area contributed by atoms with Gasteiger partial charge in [0, 0.05) is 16.5 Å². The third-order valence-corrected chi connectivity index (χ3v) is 5.38. The SMILES string of the molecule is N#CCOc1ccc2nccc(SC3(C(=O)O)CCC3)c2c1. The molecular weight excluding hydrogens is 300 g/mol. The van der Waals surface area contributed by atoms with Gasteiger partial charge in [-0.15, -0.1) is 11.8 Å². The zero-order valence-corrected chi connectivity index (χ0v) is 12.6. The second-order valence-corrected chi connectivity index (χ2v) is 6.62. The van der Waals surface area contributed by atoms with E-state index < -0.39 is 10.7 Å². The maximum atomic E-state index is 11.6. The van der Waals surface area contributed by atoms with Crippen molar-refractivity contribution in [2.24, 2.45) is 0 Å². The van der Waals surface area contributed by atoms with Crippen LogP contribution in [0.2, 0.25) is 0 Å². The number of hydrogen-bond acceptors (Lipinski definition) is 5. The zero-order chi connectivity index (χ0) is 15.6. The summed E-state index contributed by atoms with van der Waals surface area (Å²) in [7, 11) is 0. The molecule has 1 aromatic carbocycles. The first-order chi connectivity index (χ1) is 10.6. The number of thioether (sulfide) groups is 1. The molecule has 1 heterocycles. The van der Waals surface area contributed by atoms with Crippen LogP contribution in [0.15, 0.2) is 35.4 Å². The van der Waals surface area contributed by atoms with Crippen LogP contribution in [0, 0.1) is 11.3 Å². The first-order valence-electron chi connectivity index (χ1n) is 6.95. The highest BCUT2D eigenvalue weighted by Crippen LogP contribution is 2.49. The Hall–Kier alpha value is -2.26. The molecule has 1 aliphatic carbocycles. The van der Waals surface area contributed by atoms with Gasteiger partial charge in [-0.25, -0.2) is 0 Å². The molecule has 0 saturated heterocycles. The van der Waals surface area contributed by atoms with Gasteiger partial charge in [0.25, 0.3) is 0 Å². The average Bonchev–Trinajstić information content (AvgIpc) is 2.48. The van der Waals surface area contributed by atoms with Crippen molar-refractivity contribution in [1.82, 2.24) is 4.98 Å². The number of ether oxygens (including phenoxy) is 1. The van der Waals surface area contributed by atoms with Crippen molar-refractivity contribution >= 4 is 28.6 Å². The van der Waals surface area contributed by atoms with E-state index in [2.05, 4.69) is 4.98 Å². The van der Waals surface area contributed by atoms with Gasteiger partial charge < -0.3 is 9.84 Å². The highest BCUT2D eigenvalue weighted by Gasteiger charge is 2.45. The molecule has 0 bridgehead atoms. The van der Waals surface area contributed by atoms with Crippen molar-refractivity contribution < 1.29 is 14.6 Å². The topological polar surface area (TPSA) is 83.2 Å². The van der Waals surface area contributed by atoms with Gasteiger partial charge in [0.15, 0.2) is 6.61 Å². The molecule has 1 N–H and O–H groups in total. The number of rotatable bonds is 5. The molecule has 22 heavy (non-hydrogen) atoms. The molecule has 0 spiro atoms. The number of aliphatic carboxylic acids is 1. The van der Waals surface area contributed by atoms with E-state index >= 15 is 0 Å². The third kappa shape index (κ3) is 2.60. The summed E-state index contributed by atoms with van der Waals surface area (Å²) in [5, 5.41) is 18.9. The molecule has 5 nitrogen and oxygen atoms in total. The van der Waals surface area contributed by atoms with Crippen molar-refractivity contribution in [3.8, 4) is 11.8 Å². The highest BCUT2D eigenvalue weighted by molar-refractivity contribution is 8.01. The van der Waals surface area contributed by atoms with Gasteiger partial charge in [-0.05, 0) is 43.5 Å². The molecule has 2 aromatic rings. The van der Waals surface area contributed by atoms with Crippen LogP contribution in [-0.2, 0) is 4.79 Å².